The third-order valence-corrected chi connectivity index (χ3v) is 5.25. The number of rotatable bonds is 5. The van der Waals surface area contributed by atoms with Gasteiger partial charge < -0.3 is 19.8 Å². The van der Waals surface area contributed by atoms with E-state index in [0.717, 1.165) is 55.8 Å². The highest BCUT2D eigenvalue weighted by Gasteiger charge is 2.26. The third kappa shape index (κ3) is 3.49. The molecule has 3 aromatic heterocycles. The summed E-state index contributed by atoms with van der Waals surface area (Å²) in [5.41, 5.74) is 5.71. The Morgan fingerprint density at radius 1 is 1.15 bits per heavy atom. The maximum absolute atomic E-state index is 5.71. The first kappa shape index (κ1) is 17.4. The molecule has 27 heavy (non-hydrogen) atoms. The second-order valence-corrected chi connectivity index (χ2v) is 6.86. The lowest BCUT2D eigenvalue weighted by Gasteiger charge is -2.32. The first-order chi connectivity index (χ1) is 13.2. The maximum Gasteiger partial charge on any atom is 0.221 e. The summed E-state index contributed by atoms with van der Waals surface area (Å²) in [6.45, 7) is 7.57. The average Bonchev–Trinajstić information content (AvgIpc) is 3.28. The summed E-state index contributed by atoms with van der Waals surface area (Å²) in [6.07, 6.45) is 7.55. The molecule has 1 fully saturated rings. The van der Waals surface area contributed by atoms with Crippen LogP contribution in [0.15, 0.2) is 24.7 Å². The highest BCUT2D eigenvalue weighted by molar-refractivity contribution is 5.41. The zero-order valence-corrected chi connectivity index (χ0v) is 15.8. The lowest BCUT2D eigenvalue weighted by atomic mass is 9.96. The van der Waals surface area contributed by atoms with Crippen LogP contribution < -0.4 is 10.6 Å². The van der Waals surface area contributed by atoms with E-state index in [1.165, 1.54) is 0 Å². The number of anilines is 2. The second kappa shape index (κ2) is 7.34. The van der Waals surface area contributed by atoms with Gasteiger partial charge in [-0.05, 0) is 32.8 Å². The molecule has 1 aliphatic heterocycles. The SMILES string of the molecule is CCn1c(Cn2ccnc2C)nnc1C1CCN(c2ccnc(N)n2)CC1. The van der Waals surface area contributed by atoms with Gasteiger partial charge in [-0.2, -0.15) is 4.98 Å². The minimum absolute atomic E-state index is 0.319. The number of nitrogens with zero attached hydrogens (tertiary/aromatic N) is 8. The van der Waals surface area contributed by atoms with E-state index in [2.05, 4.69) is 46.1 Å². The first-order valence-corrected chi connectivity index (χ1v) is 9.39. The Kier molecular flexibility index (Phi) is 4.74. The quantitative estimate of drug-likeness (QED) is 0.730. The minimum atomic E-state index is 0.319. The van der Waals surface area contributed by atoms with Gasteiger partial charge in [-0.15, -0.1) is 10.2 Å². The molecule has 0 aliphatic carbocycles. The van der Waals surface area contributed by atoms with Crippen LogP contribution in [0.1, 0.15) is 43.2 Å². The molecule has 0 amide bonds. The summed E-state index contributed by atoms with van der Waals surface area (Å²) >= 11 is 0. The van der Waals surface area contributed by atoms with Crippen molar-refractivity contribution in [2.24, 2.45) is 0 Å². The van der Waals surface area contributed by atoms with Gasteiger partial charge in [0, 0.05) is 44.1 Å². The molecule has 4 heterocycles. The molecule has 0 radical (unpaired) electrons. The van der Waals surface area contributed by atoms with Gasteiger partial charge in [-0.25, -0.2) is 9.97 Å². The summed E-state index contributed by atoms with van der Waals surface area (Å²) in [5.74, 6) is 4.69. The van der Waals surface area contributed by atoms with Crippen LogP contribution in [-0.4, -0.2) is 47.4 Å². The van der Waals surface area contributed by atoms with Crippen LogP contribution in [0.4, 0.5) is 11.8 Å². The summed E-state index contributed by atoms with van der Waals surface area (Å²) in [6, 6.07) is 1.91. The van der Waals surface area contributed by atoms with Gasteiger partial charge in [0.2, 0.25) is 5.95 Å². The van der Waals surface area contributed by atoms with Crippen molar-refractivity contribution < 1.29 is 0 Å². The van der Waals surface area contributed by atoms with Crippen LogP contribution in [0.2, 0.25) is 0 Å². The van der Waals surface area contributed by atoms with Gasteiger partial charge in [0.25, 0.3) is 0 Å². The summed E-state index contributed by atoms with van der Waals surface area (Å²) in [4.78, 5) is 14.9. The van der Waals surface area contributed by atoms with Crippen LogP contribution in [0.25, 0.3) is 0 Å². The first-order valence-electron chi connectivity index (χ1n) is 9.39. The molecule has 142 valence electrons. The van der Waals surface area contributed by atoms with E-state index < -0.39 is 0 Å². The number of hydrogen-bond acceptors (Lipinski definition) is 7. The predicted molar refractivity (Wildman–Crippen MR) is 102 cm³/mol. The summed E-state index contributed by atoms with van der Waals surface area (Å²) in [5, 5.41) is 9.03. The van der Waals surface area contributed by atoms with Gasteiger partial charge in [0.15, 0.2) is 5.82 Å². The van der Waals surface area contributed by atoms with Crippen LogP contribution in [0.3, 0.4) is 0 Å². The standard InChI is InChI=1S/C18H25N9/c1-3-27-16(12-26-11-8-20-13(26)2)23-24-17(27)14-5-9-25(10-6-14)15-4-7-21-18(19)22-15/h4,7-8,11,14H,3,5-6,9-10,12H2,1-2H3,(H2,19,21,22). The number of aromatic nitrogens is 7. The lowest BCUT2D eigenvalue weighted by Crippen LogP contribution is -2.34. The molecule has 0 atom stereocenters. The molecule has 2 N–H and O–H groups in total. The zero-order chi connectivity index (χ0) is 18.8. The van der Waals surface area contributed by atoms with Crippen molar-refractivity contribution in [2.45, 2.75) is 45.7 Å². The molecule has 1 saturated heterocycles. The Hall–Kier alpha value is -2.97. The Morgan fingerprint density at radius 3 is 2.63 bits per heavy atom. The number of imidazole rings is 1. The predicted octanol–water partition coefficient (Wildman–Crippen LogP) is 1.61. The molecule has 1 aliphatic rings. The van der Waals surface area contributed by atoms with Crippen LogP contribution in [0, 0.1) is 6.92 Å². The molecule has 9 nitrogen and oxygen atoms in total. The van der Waals surface area contributed by atoms with Gasteiger partial charge in [0.05, 0.1) is 6.54 Å². The minimum Gasteiger partial charge on any atom is -0.368 e. The molecule has 0 unspecified atom stereocenters. The molecule has 3 aromatic rings. The van der Waals surface area contributed by atoms with Crippen LogP contribution in [-0.2, 0) is 13.1 Å². The van der Waals surface area contributed by atoms with E-state index in [0.29, 0.717) is 18.4 Å². The van der Waals surface area contributed by atoms with E-state index in [9.17, 15) is 0 Å². The Labute approximate surface area is 158 Å². The number of hydrogen-bond donors (Lipinski definition) is 1. The van der Waals surface area contributed by atoms with Crippen molar-refractivity contribution in [1.82, 2.24) is 34.3 Å². The zero-order valence-electron chi connectivity index (χ0n) is 15.8. The van der Waals surface area contributed by atoms with Crippen molar-refractivity contribution >= 4 is 11.8 Å². The molecule has 0 saturated carbocycles. The lowest BCUT2D eigenvalue weighted by molar-refractivity contribution is 0.462. The smallest absolute Gasteiger partial charge is 0.221 e. The number of aryl methyl sites for hydroxylation is 1. The Morgan fingerprint density at radius 2 is 1.96 bits per heavy atom. The normalized spacial score (nSPS) is 15.4. The van der Waals surface area contributed by atoms with E-state index in [1.807, 2.05) is 25.4 Å². The van der Waals surface area contributed by atoms with E-state index in [-0.39, 0.29) is 0 Å². The molecule has 4 rings (SSSR count). The molecular weight excluding hydrogens is 342 g/mol. The van der Waals surface area contributed by atoms with Crippen LogP contribution in [0.5, 0.6) is 0 Å². The van der Waals surface area contributed by atoms with Crippen molar-refractivity contribution in [3.8, 4) is 0 Å². The fourth-order valence-corrected chi connectivity index (χ4v) is 3.74. The van der Waals surface area contributed by atoms with Crippen molar-refractivity contribution in [3.63, 3.8) is 0 Å². The second-order valence-electron chi connectivity index (χ2n) is 6.86. The Balaban J connectivity index is 1.47. The molecule has 0 aromatic carbocycles. The fourth-order valence-electron chi connectivity index (χ4n) is 3.74. The topological polar surface area (TPSA) is 104 Å². The molecule has 9 heteroatoms. The summed E-state index contributed by atoms with van der Waals surface area (Å²) in [7, 11) is 0. The van der Waals surface area contributed by atoms with Gasteiger partial charge in [0.1, 0.15) is 17.5 Å². The van der Waals surface area contributed by atoms with Gasteiger partial charge >= 0.3 is 0 Å². The highest BCUT2D eigenvalue weighted by atomic mass is 15.3. The van der Waals surface area contributed by atoms with Gasteiger partial charge in [-0.1, -0.05) is 0 Å². The molecular formula is C18H25N9. The number of nitrogen functional groups attached to an aromatic ring is 1. The van der Waals surface area contributed by atoms with Crippen molar-refractivity contribution in [3.05, 3.63) is 42.1 Å². The number of piperidine rings is 1. The Bertz CT molecular complexity index is 905. The highest BCUT2D eigenvalue weighted by Crippen LogP contribution is 2.29. The van der Waals surface area contributed by atoms with E-state index in [1.54, 1.807) is 6.20 Å². The molecule has 0 bridgehead atoms. The van der Waals surface area contributed by atoms with E-state index in [4.69, 9.17) is 5.73 Å². The van der Waals surface area contributed by atoms with Gasteiger partial charge in [-0.3, -0.25) is 0 Å². The number of nitrogens with two attached hydrogens (primary N) is 1. The summed E-state index contributed by atoms with van der Waals surface area (Å²) < 4.78 is 4.35. The van der Waals surface area contributed by atoms with Crippen molar-refractivity contribution in [2.75, 3.05) is 23.7 Å². The van der Waals surface area contributed by atoms with Crippen LogP contribution >= 0.6 is 0 Å². The monoisotopic (exact) mass is 367 g/mol. The largest absolute Gasteiger partial charge is 0.368 e. The van der Waals surface area contributed by atoms with E-state index >= 15 is 0 Å². The fraction of sp³-hybridized carbons (Fsp3) is 0.500. The van der Waals surface area contributed by atoms with Crippen molar-refractivity contribution in [1.29, 1.82) is 0 Å². The maximum atomic E-state index is 5.71. The third-order valence-electron chi connectivity index (χ3n) is 5.25. The molecule has 0 spiro atoms. The average molecular weight is 367 g/mol.